The number of halogens is 1. The van der Waals surface area contributed by atoms with Crippen molar-refractivity contribution in [1.82, 2.24) is 25.4 Å². The highest BCUT2D eigenvalue weighted by molar-refractivity contribution is 6.00. The Morgan fingerprint density at radius 1 is 1.22 bits per heavy atom. The Bertz CT molecular complexity index is 1480. The zero-order valence-electron chi connectivity index (χ0n) is 20.4. The van der Waals surface area contributed by atoms with Gasteiger partial charge < -0.3 is 15.5 Å². The van der Waals surface area contributed by atoms with Crippen molar-refractivity contribution in [3.05, 3.63) is 89.9 Å². The van der Waals surface area contributed by atoms with Gasteiger partial charge in [0.25, 0.3) is 5.91 Å². The molecule has 3 N–H and O–H groups in total. The standard InChI is InChI=1S/C28H27FN6O2/c1-3-24(36)35-13-11-21(16-35)32-27-25-22(10-12-30-26(25)33-34-27)19-8-9-20(23(29)14-19)15-31-28(37)18-6-4-17(2)5-7-18/h3-10,12,14,21H,1,11,13,15-16H2,2H3,(H,31,37)(H2,30,32,33,34)/t21-/m1/s1. The number of pyridine rings is 1. The van der Waals surface area contributed by atoms with Gasteiger partial charge in [0.15, 0.2) is 11.5 Å². The van der Waals surface area contributed by atoms with Gasteiger partial charge in [0, 0.05) is 43.0 Å². The molecule has 188 valence electrons. The second-order valence-corrected chi connectivity index (χ2v) is 9.13. The molecule has 0 saturated carbocycles. The Morgan fingerprint density at radius 2 is 2.03 bits per heavy atom. The minimum atomic E-state index is -0.418. The Hall–Kier alpha value is -4.53. The summed E-state index contributed by atoms with van der Waals surface area (Å²) in [4.78, 5) is 30.5. The van der Waals surface area contributed by atoms with Crippen molar-refractivity contribution in [3.63, 3.8) is 0 Å². The number of hydrogen-bond acceptors (Lipinski definition) is 5. The van der Waals surface area contributed by atoms with E-state index in [4.69, 9.17) is 0 Å². The minimum absolute atomic E-state index is 0.0275. The number of aromatic amines is 1. The summed E-state index contributed by atoms with van der Waals surface area (Å²) in [5, 5.41) is 14.3. The van der Waals surface area contributed by atoms with E-state index in [9.17, 15) is 9.59 Å². The quantitative estimate of drug-likeness (QED) is 0.332. The van der Waals surface area contributed by atoms with Crippen molar-refractivity contribution >= 4 is 28.7 Å². The highest BCUT2D eigenvalue weighted by Gasteiger charge is 2.26. The van der Waals surface area contributed by atoms with Gasteiger partial charge >= 0.3 is 0 Å². The van der Waals surface area contributed by atoms with Gasteiger partial charge in [-0.05, 0) is 54.8 Å². The number of amides is 2. The fourth-order valence-corrected chi connectivity index (χ4v) is 4.54. The first-order valence-corrected chi connectivity index (χ1v) is 12.1. The first kappa shape index (κ1) is 24.2. The monoisotopic (exact) mass is 498 g/mol. The van der Waals surface area contributed by atoms with Crippen molar-refractivity contribution in [2.45, 2.75) is 25.9 Å². The van der Waals surface area contributed by atoms with Crippen LogP contribution in [0, 0.1) is 12.7 Å². The van der Waals surface area contributed by atoms with Crippen LogP contribution in [0.25, 0.3) is 22.2 Å². The number of nitrogens with one attached hydrogen (secondary N) is 3. The number of nitrogens with zero attached hydrogens (tertiary/aromatic N) is 3. The number of carbonyl (C=O) groups excluding carboxylic acids is 2. The molecule has 0 spiro atoms. The minimum Gasteiger partial charge on any atom is -0.363 e. The summed E-state index contributed by atoms with van der Waals surface area (Å²) >= 11 is 0. The maximum absolute atomic E-state index is 15.1. The van der Waals surface area contributed by atoms with Gasteiger partial charge in [-0.3, -0.25) is 14.7 Å². The van der Waals surface area contributed by atoms with Gasteiger partial charge in [0.2, 0.25) is 5.91 Å². The summed E-state index contributed by atoms with van der Waals surface area (Å²) in [6.07, 6.45) is 3.74. The molecule has 0 radical (unpaired) electrons. The highest BCUT2D eigenvalue weighted by atomic mass is 19.1. The lowest BCUT2D eigenvalue weighted by atomic mass is 10.0. The van der Waals surface area contributed by atoms with Crippen molar-refractivity contribution in [1.29, 1.82) is 0 Å². The van der Waals surface area contributed by atoms with Gasteiger partial charge in [-0.2, -0.15) is 5.10 Å². The van der Waals surface area contributed by atoms with E-state index in [1.54, 1.807) is 29.3 Å². The van der Waals surface area contributed by atoms with Crippen molar-refractivity contribution in [3.8, 4) is 11.1 Å². The molecule has 1 saturated heterocycles. The number of aromatic nitrogens is 3. The summed E-state index contributed by atoms with van der Waals surface area (Å²) in [6, 6.07) is 14.0. The molecule has 5 rings (SSSR count). The molecule has 9 heteroatoms. The Morgan fingerprint density at radius 3 is 2.78 bits per heavy atom. The third kappa shape index (κ3) is 5.06. The molecule has 4 aromatic rings. The van der Waals surface area contributed by atoms with Crippen molar-refractivity contribution in [2.24, 2.45) is 0 Å². The molecule has 8 nitrogen and oxygen atoms in total. The molecule has 1 aliphatic rings. The molecule has 1 atom stereocenters. The van der Waals surface area contributed by atoms with E-state index < -0.39 is 5.82 Å². The number of fused-ring (bicyclic) bond motifs is 1. The van der Waals surface area contributed by atoms with E-state index in [1.165, 1.54) is 12.1 Å². The van der Waals surface area contributed by atoms with Gasteiger partial charge in [-0.25, -0.2) is 9.37 Å². The maximum atomic E-state index is 15.1. The van der Waals surface area contributed by atoms with Crippen LogP contribution < -0.4 is 10.6 Å². The molecular formula is C28H27FN6O2. The lowest BCUT2D eigenvalue weighted by Gasteiger charge is -2.15. The fraction of sp³-hybridized carbons (Fsp3) is 0.214. The SMILES string of the molecule is C=CC(=O)N1CC[C@@H](Nc2n[nH]c3nccc(-c4ccc(CNC(=O)c5ccc(C)cc5)c(F)c4)c23)C1. The smallest absolute Gasteiger partial charge is 0.251 e. The summed E-state index contributed by atoms with van der Waals surface area (Å²) in [6.45, 7) is 6.77. The molecule has 0 bridgehead atoms. The third-order valence-electron chi connectivity index (χ3n) is 6.59. The molecular weight excluding hydrogens is 471 g/mol. The molecule has 2 amide bonds. The van der Waals surface area contributed by atoms with Crippen LogP contribution in [0.5, 0.6) is 0 Å². The highest BCUT2D eigenvalue weighted by Crippen LogP contribution is 2.33. The summed E-state index contributed by atoms with van der Waals surface area (Å²) in [5.74, 6) is -0.164. The van der Waals surface area contributed by atoms with Crippen LogP contribution in [-0.2, 0) is 11.3 Å². The van der Waals surface area contributed by atoms with Crippen LogP contribution in [0.1, 0.15) is 27.9 Å². The Labute approximate surface area is 213 Å². The number of carbonyl (C=O) groups is 2. The van der Waals surface area contributed by atoms with E-state index in [1.807, 2.05) is 31.2 Å². The third-order valence-corrected chi connectivity index (χ3v) is 6.59. The van der Waals surface area contributed by atoms with Crippen molar-refractivity contribution < 1.29 is 14.0 Å². The number of hydrogen-bond donors (Lipinski definition) is 3. The average Bonchev–Trinajstić information content (AvgIpc) is 3.55. The van der Waals surface area contributed by atoms with E-state index in [0.717, 1.165) is 22.9 Å². The summed E-state index contributed by atoms with van der Waals surface area (Å²) < 4.78 is 15.1. The van der Waals surface area contributed by atoms with Gasteiger partial charge in [0.1, 0.15) is 5.82 Å². The molecule has 2 aromatic heterocycles. The summed E-state index contributed by atoms with van der Waals surface area (Å²) in [5.41, 5.74) is 3.99. The number of H-pyrrole nitrogens is 1. The molecule has 0 unspecified atom stereocenters. The topological polar surface area (TPSA) is 103 Å². The molecule has 2 aromatic carbocycles. The average molecular weight is 499 g/mol. The van der Waals surface area contributed by atoms with Gasteiger partial charge in [-0.1, -0.05) is 36.4 Å². The van der Waals surface area contributed by atoms with Crippen LogP contribution in [0.4, 0.5) is 10.2 Å². The normalized spacial score (nSPS) is 15.1. The molecule has 1 fully saturated rings. The largest absolute Gasteiger partial charge is 0.363 e. The second kappa shape index (κ2) is 10.2. The lowest BCUT2D eigenvalue weighted by molar-refractivity contribution is -0.125. The molecule has 1 aliphatic heterocycles. The van der Waals surface area contributed by atoms with Crippen LogP contribution in [0.15, 0.2) is 67.4 Å². The van der Waals surface area contributed by atoms with E-state index in [2.05, 4.69) is 32.4 Å². The van der Waals surface area contributed by atoms with Gasteiger partial charge in [0.05, 0.1) is 5.39 Å². The Balaban J connectivity index is 1.34. The summed E-state index contributed by atoms with van der Waals surface area (Å²) in [7, 11) is 0. The first-order chi connectivity index (χ1) is 17.9. The van der Waals surface area contributed by atoms with Crippen molar-refractivity contribution in [2.75, 3.05) is 18.4 Å². The van der Waals surface area contributed by atoms with E-state index >= 15 is 4.39 Å². The number of anilines is 1. The predicted molar refractivity (Wildman–Crippen MR) is 140 cm³/mol. The van der Waals surface area contributed by atoms with Crippen LogP contribution in [0.2, 0.25) is 0 Å². The van der Waals surface area contributed by atoms with E-state index in [0.29, 0.717) is 41.2 Å². The molecule has 3 heterocycles. The lowest BCUT2D eigenvalue weighted by Crippen LogP contribution is -2.30. The van der Waals surface area contributed by atoms with Gasteiger partial charge in [-0.15, -0.1) is 0 Å². The zero-order valence-corrected chi connectivity index (χ0v) is 20.4. The van der Waals surface area contributed by atoms with Crippen LogP contribution >= 0.6 is 0 Å². The number of aryl methyl sites for hydroxylation is 1. The first-order valence-electron chi connectivity index (χ1n) is 12.1. The number of rotatable bonds is 7. The van der Waals surface area contributed by atoms with Crippen LogP contribution in [0.3, 0.4) is 0 Å². The number of benzene rings is 2. The molecule has 37 heavy (non-hydrogen) atoms. The van der Waals surface area contributed by atoms with Crippen LogP contribution in [-0.4, -0.2) is 51.0 Å². The second-order valence-electron chi connectivity index (χ2n) is 9.13. The van der Waals surface area contributed by atoms with E-state index in [-0.39, 0.29) is 24.4 Å². The fourth-order valence-electron chi connectivity index (χ4n) is 4.54. The molecule has 0 aliphatic carbocycles. The Kier molecular flexibility index (Phi) is 6.68. The number of likely N-dealkylation sites (tertiary alicyclic amines) is 1. The predicted octanol–water partition coefficient (Wildman–Crippen LogP) is 4.20. The maximum Gasteiger partial charge on any atom is 0.251 e. The zero-order chi connectivity index (χ0) is 25.9.